The van der Waals surface area contributed by atoms with Crippen molar-refractivity contribution < 1.29 is 4.79 Å². The smallest absolute Gasteiger partial charge is 0.261 e. The van der Waals surface area contributed by atoms with Gasteiger partial charge in [0.25, 0.3) is 5.56 Å². The normalized spacial score (nSPS) is 15.3. The molecule has 1 aliphatic rings. The van der Waals surface area contributed by atoms with Crippen LogP contribution in [0.1, 0.15) is 29.8 Å². The Balaban J connectivity index is 1.58. The number of para-hydroxylation sites is 1. The second kappa shape index (κ2) is 6.99. The lowest BCUT2D eigenvalue weighted by Crippen LogP contribution is -2.37. The summed E-state index contributed by atoms with van der Waals surface area (Å²) in [5.41, 5.74) is 2.91. The number of fused-ring (bicyclic) bond motifs is 2. The zero-order valence-corrected chi connectivity index (χ0v) is 15.7. The first-order valence-electron chi connectivity index (χ1n) is 9.38. The molecule has 0 aliphatic carbocycles. The molecule has 2 heterocycles. The minimum absolute atomic E-state index is 0.0171. The summed E-state index contributed by atoms with van der Waals surface area (Å²) in [5, 5.41) is 0.633. The van der Waals surface area contributed by atoms with Crippen molar-refractivity contribution >= 4 is 16.8 Å². The van der Waals surface area contributed by atoms with Gasteiger partial charge < -0.3 is 4.90 Å². The van der Waals surface area contributed by atoms with Crippen molar-refractivity contribution in [3.8, 4) is 0 Å². The highest BCUT2D eigenvalue weighted by molar-refractivity contribution is 5.83. The van der Waals surface area contributed by atoms with E-state index in [9.17, 15) is 9.59 Å². The number of carbonyl (C=O) groups excluding carboxylic acids is 1. The lowest BCUT2D eigenvalue weighted by atomic mass is 9.98. The summed E-state index contributed by atoms with van der Waals surface area (Å²) in [5.74, 6) is 0.664. The van der Waals surface area contributed by atoms with E-state index in [0.29, 0.717) is 31.4 Å². The average Bonchev–Trinajstić information content (AvgIpc) is 2.90. The number of aryl methyl sites for hydroxylation is 1. The molecular weight excluding hydrogens is 338 g/mol. The molecule has 2 aromatic carbocycles. The van der Waals surface area contributed by atoms with Crippen LogP contribution in [0.15, 0.2) is 53.3 Å². The van der Waals surface area contributed by atoms with Gasteiger partial charge >= 0.3 is 0 Å². The molecule has 3 aromatic rings. The van der Waals surface area contributed by atoms with Crippen molar-refractivity contribution in [1.29, 1.82) is 0 Å². The first-order valence-corrected chi connectivity index (χ1v) is 9.38. The molecule has 5 nitrogen and oxygen atoms in total. The molecule has 0 bridgehead atoms. The lowest BCUT2D eigenvalue weighted by molar-refractivity contribution is -0.132. The van der Waals surface area contributed by atoms with Crippen LogP contribution >= 0.6 is 0 Å². The summed E-state index contributed by atoms with van der Waals surface area (Å²) in [6, 6.07) is 15.5. The van der Waals surface area contributed by atoms with Crippen molar-refractivity contribution in [3.05, 3.63) is 75.8 Å². The molecule has 138 valence electrons. The average molecular weight is 361 g/mol. The van der Waals surface area contributed by atoms with Gasteiger partial charge in [-0.2, -0.15) is 0 Å². The highest BCUT2D eigenvalue weighted by Crippen LogP contribution is 2.20. The maximum atomic E-state index is 13.0. The minimum Gasteiger partial charge on any atom is -0.340 e. The maximum Gasteiger partial charge on any atom is 0.261 e. The van der Waals surface area contributed by atoms with E-state index in [1.54, 1.807) is 4.57 Å². The number of rotatable bonds is 2. The van der Waals surface area contributed by atoms with Gasteiger partial charge in [0.1, 0.15) is 5.82 Å². The number of nitrogens with zero attached hydrogens (tertiary/aromatic N) is 3. The summed E-state index contributed by atoms with van der Waals surface area (Å²) in [6.07, 6.45) is 0.590. The first kappa shape index (κ1) is 17.5. The minimum atomic E-state index is -0.199. The van der Waals surface area contributed by atoms with Crippen LogP contribution in [0, 0.1) is 6.92 Å². The number of benzene rings is 2. The largest absolute Gasteiger partial charge is 0.340 e. The van der Waals surface area contributed by atoms with Crippen LogP contribution in [0.4, 0.5) is 0 Å². The Bertz CT molecular complexity index is 1050. The van der Waals surface area contributed by atoms with Crippen LogP contribution in [0.2, 0.25) is 0 Å². The second-order valence-corrected chi connectivity index (χ2v) is 7.21. The Kier molecular flexibility index (Phi) is 4.52. The Morgan fingerprint density at radius 3 is 2.56 bits per heavy atom. The number of hydrogen-bond acceptors (Lipinski definition) is 3. The Hall–Kier alpha value is -2.95. The van der Waals surface area contributed by atoms with Gasteiger partial charge in [-0.3, -0.25) is 14.2 Å². The predicted molar refractivity (Wildman–Crippen MR) is 106 cm³/mol. The van der Waals surface area contributed by atoms with Crippen LogP contribution in [-0.2, 0) is 17.8 Å². The van der Waals surface area contributed by atoms with Crippen LogP contribution in [0.3, 0.4) is 0 Å². The van der Waals surface area contributed by atoms with Gasteiger partial charge in [0.2, 0.25) is 5.91 Å². The fourth-order valence-corrected chi connectivity index (χ4v) is 3.69. The van der Waals surface area contributed by atoms with E-state index in [1.165, 1.54) is 5.56 Å². The Morgan fingerprint density at radius 1 is 1.04 bits per heavy atom. The van der Waals surface area contributed by atoms with E-state index in [1.807, 2.05) is 67.3 Å². The third-order valence-corrected chi connectivity index (χ3v) is 5.40. The SMILES string of the molecule is Cc1ccc([C@@H](C)C(=O)N2CCc3nc4ccccc4c(=O)n3CC2)cc1. The maximum absolute atomic E-state index is 13.0. The van der Waals surface area contributed by atoms with Crippen molar-refractivity contribution in [2.24, 2.45) is 0 Å². The topological polar surface area (TPSA) is 55.2 Å². The zero-order valence-electron chi connectivity index (χ0n) is 15.7. The molecule has 4 rings (SSSR count). The molecule has 1 aromatic heterocycles. The zero-order chi connectivity index (χ0) is 19.0. The fraction of sp³-hybridized carbons (Fsp3) is 0.318. The third kappa shape index (κ3) is 3.25. The Morgan fingerprint density at radius 2 is 1.78 bits per heavy atom. The fourth-order valence-electron chi connectivity index (χ4n) is 3.69. The molecule has 1 aliphatic heterocycles. The molecule has 0 N–H and O–H groups in total. The van der Waals surface area contributed by atoms with E-state index in [2.05, 4.69) is 4.98 Å². The highest BCUT2D eigenvalue weighted by Gasteiger charge is 2.25. The number of hydrogen-bond donors (Lipinski definition) is 0. The molecule has 0 spiro atoms. The summed E-state index contributed by atoms with van der Waals surface area (Å²) < 4.78 is 1.73. The molecule has 0 unspecified atom stereocenters. The van der Waals surface area contributed by atoms with Gasteiger partial charge in [0.15, 0.2) is 0 Å². The van der Waals surface area contributed by atoms with Crippen LogP contribution in [-0.4, -0.2) is 33.4 Å². The van der Waals surface area contributed by atoms with Crippen LogP contribution in [0.5, 0.6) is 0 Å². The summed E-state index contributed by atoms with van der Waals surface area (Å²) >= 11 is 0. The quantitative estimate of drug-likeness (QED) is 0.705. The molecule has 1 amide bonds. The summed E-state index contributed by atoms with van der Waals surface area (Å²) in [6.45, 7) is 5.58. The second-order valence-electron chi connectivity index (χ2n) is 7.21. The number of carbonyl (C=O) groups is 1. The monoisotopic (exact) mass is 361 g/mol. The van der Waals surface area contributed by atoms with Crippen molar-refractivity contribution in [2.45, 2.75) is 32.7 Å². The van der Waals surface area contributed by atoms with Gasteiger partial charge in [-0.1, -0.05) is 42.0 Å². The van der Waals surface area contributed by atoms with E-state index in [-0.39, 0.29) is 17.4 Å². The summed E-state index contributed by atoms with van der Waals surface area (Å²) in [4.78, 5) is 32.4. The summed E-state index contributed by atoms with van der Waals surface area (Å²) in [7, 11) is 0. The third-order valence-electron chi connectivity index (χ3n) is 5.40. The van der Waals surface area contributed by atoms with E-state index < -0.39 is 0 Å². The van der Waals surface area contributed by atoms with E-state index >= 15 is 0 Å². The molecule has 27 heavy (non-hydrogen) atoms. The molecule has 0 radical (unpaired) electrons. The molecule has 0 saturated heterocycles. The van der Waals surface area contributed by atoms with Crippen LogP contribution in [0.25, 0.3) is 10.9 Å². The van der Waals surface area contributed by atoms with E-state index in [4.69, 9.17) is 0 Å². The molecule has 0 fully saturated rings. The van der Waals surface area contributed by atoms with Crippen molar-refractivity contribution in [3.63, 3.8) is 0 Å². The first-order chi connectivity index (χ1) is 13.0. The van der Waals surface area contributed by atoms with Crippen molar-refractivity contribution in [2.75, 3.05) is 13.1 Å². The van der Waals surface area contributed by atoms with Gasteiger partial charge in [-0.15, -0.1) is 0 Å². The molecule has 5 heteroatoms. The number of aromatic nitrogens is 2. The number of amides is 1. The Labute approximate surface area is 158 Å². The molecular formula is C22H23N3O2. The molecule has 1 atom stereocenters. The van der Waals surface area contributed by atoms with Gasteiger partial charge in [-0.25, -0.2) is 4.98 Å². The van der Waals surface area contributed by atoms with Gasteiger partial charge in [0, 0.05) is 26.1 Å². The van der Waals surface area contributed by atoms with Crippen molar-refractivity contribution in [1.82, 2.24) is 14.5 Å². The van der Waals surface area contributed by atoms with Crippen LogP contribution < -0.4 is 5.56 Å². The van der Waals surface area contributed by atoms with Gasteiger partial charge in [-0.05, 0) is 31.5 Å². The lowest BCUT2D eigenvalue weighted by Gasteiger charge is -2.24. The van der Waals surface area contributed by atoms with Gasteiger partial charge in [0.05, 0.1) is 16.8 Å². The standard InChI is InChI=1S/C22H23N3O2/c1-15-7-9-17(10-8-15)16(2)21(26)24-12-11-20-23-19-6-4-3-5-18(19)22(27)25(20)14-13-24/h3-10,16H,11-14H2,1-2H3/t16-/m1/s1. The van der Waals surface area contributed by atoms with E-state index in [0.717, 1.165) is 16.9 Å². The highest BCUT2D eigenvalue weighted by atomic mass is 16.2. The molecule has 0 saturated carbocycles. The predicted octanol–water partition coefficient (Wildman–Crippen LogP) is 2.89.